The standard InChI is InChI=1S/C37H53N5O7S/c1-24(2)30-20-41(26(4)43)21-32(48-7)35(46)31(44)22-49-17-9-8-16-42(34(30)27-13-11-15-29(19-27)47-6)33(45)23-50-37-39-38-36(40(37)5)28-14-10-12-25(3)18-28/h10-15,18-19,24,30-32,34-35,44,46H,8-9,16-17,20-23H2,1-7H3/t30-,31+,32+,34-,35+/m1/s1. The minimum Gasteiger partial charge on any atom is -0.497 e. The lowest BCUT2D eigenvalue weighted by molar-refractivity contribution is -0.139. The molecule has 3 aromatic rings. The van der Waals surface area contributed by atoms with Crippen molar-refractivity contribution < 1.29 is 34.0 Å². The van der Waals surface area contributed by atoms with E-state index in [9.17, 15) is 19.8 Å². The smallest absolute Gasteiger partial charge is 0.233 e. The van der Waals surface area contributed by atoms with Gasteiger partial charge >= 0.3 is 0 Å². The molecule has 0 radical (unpaired) electrons. The molecule has 2 aromatic carbocycles. The van der Waals surface area contributed by atoms with Gasteiger partial charge in [0.1, 0.15) is 24.1 Å². The van der Waals surface area contributed by atoms with E-state index in [1.807, 2.05) is 65.9 Å². The number of hydrogen-bond donors (Lipinski definition) is 2. The number of aliphatic hydroxyl groups excluding tert-OH is 2. The molecule has 0 aliphatic carbocycles. The molecule has 2 heterocycles. The molecule has 5 atom stereocenters. The number of nitrogens with zero attached hydrogens (tertiary/aromatic N) is 5. The largest absolute Gasteiger partial charge is 0.497 e. The Morgan fingerprint density at radius 3 is 2.50 bits per heavy atom. The normalized spacial score (nSPS) is 23.0. The Hall–Kier alpha value is -3.49. The highest BCUT2D eigenvalue weighted by Crippen LogP contribution is 2.37. The van der Waals surface area contributed by atoms with E-state index in [1.165, 1.54) is 25.8 Å². The number of thioether (sulfide) groups is 1. The first-order valence-electron chi connectivity index (χ1n) is 17.2. The van der Waals surface area contributed by atoms with Crippen LogP contribution in [0.25, 0.3) is 11.4 Å². The highest BCUT2D eigenvalue weighted by Gasteiger charge is 2.37. The van der Waals surface area contributed by atoms with Crippen LogP contribution >= 0.6 is 11.8 Å². The van der Waals surface area contributed by atoms with Gasteiger partial charge in [-0.1, -0.05) is 61.5 Å². The topological polar surface area (TPSA) is 139 Å². The molecular weight excluding hydrogens is 659 g/mol. The minimum atomic E-state index is -1.26. The van der Waals surface area contributed by atoms with E-state index in [-0.39, 0.29) is 49.1 Å². The van der Waals surface area contributed by atoms with Crippen LogP contribution in [-0.4, -0.2) is 118 Å². The van der Waals surface area contributed by atoms with Gasteiger partial charge in [-0.05, 0) is 49.4 Å². The van der Waals surface area contributed by atoms with E-state index in [0.29, 0.717) is 36.9 Å². The second kappa shape index (κ2) is 18.7. The van der Waals surface area contributed by atoms with Crippen molar-refractivity contribution in [3.63, 3.8) is 0 Å². The van der Waals surface area contributed by atoms with Crippen LogP contribution < -0.4 is 4.74 Å². The second-order valence-electron chi connectivity index (χ2n) is 13.3. The minimum absolute atomic E-state index is 0.0298. The lowest BCUT2D eigenvalue weighted by atomic mass is 9.82. The van der Waals surface area contributed by atoms with Crippen molar-refractivity contribution in [2.75, 3.05) is 52.8 Å². The van der Waals surface area contributed by atoms with E-state index in [1.54, 1.807) is 12.0 Å². The number of carbonyl (C=O) groups excluding carboxylic acids is 2. The molecule has 1 fully saturated rings. The highest BCUT2D eigenvalue weighted by atomic mass is 32.2. The van der Waals surface area contributed by atoms with Crippen LogP contribution in [-0.2, 0) is 26.1 Å². The third-order valence-electron chi connectivity index (χ3n) is 9.37. The van der Waals surface area contributed by atoms with Crippen molar-refractivity contribution in [1.82, 2.24) is 24.6 Å². The van der Waals surface area contributed by atoms with Crippen LogP contribution in [0.1, 0.15) is 50.8 Å². The summed E-state index contributed by atoms with van der Waals surface area (Å²) < 4.78 is 18.9. The summed E-state index contributed by atoms with van der Waals surface area (Å²) >= 11 is 1.34. The van der Waals surface area contributed by atoms with Crippen LogP contribution in [0.3, 0.4) is 0 Å². The number of benzene rings is 2. The predicted molar refractivity (Wildman–Crippen MR) is 193 cm³/mol. The van der Waals surface area contributed by atoms with Crippen molar-refractivity contribution in [2.24, 2.45) is 18.9 Å². The van der Waals surface area contributed by atoms with Crippen molar-refractivity contribution in [3.05, 3.63) is 59.7 Å². The predicted octanol–water partition coefficient (Wildman–Crippen LogP) is 4.13. The summed E-state index contributed by atoms with van der Waals surface area (Å²) in [6.07, 6.45) is -2.03. The number of amides is 2. The number of methoxy groups -OCH3 is 2. The van der Waals surface area contributed by atoms with Gasteiger partial charge in [-0.2, -0.15) is 0 Å². The van der Waals surface area contributed by atoms with Gasteiger partial charge in [0.2, 0.25) is 11.8 Å². The number of aromatic nitrogens is 3. The molecule has 0 bridgehead atoms. The van der Waals surface area contributed by atoms with Crippen LogP contribution in [0.2, 0.25) is 0 Å². The Balaban J connectivity index is 1.73. The maximum Gasteiger partial charge on any atom is 0.233 e. The van der Waals surface area contributed by atoms with Gasteiger partial charge in [0.25, 0.3) is 0 Å². The van der Waals surface area contributed by atoms with Gasteiger partial charge in [0.15, 0.2) is 11.0 Å². The molecular formula is C37H53N5O7S. The maximum absolute atomic E-state index is 14.5. The summed E-state index contributed by atoms with van der Waals surface area (Å²) in [5.74, 6) is 1.05. The van der Waals surface area contributed by atoms with Gasteiger partial charge < -0.3 is 38.8 Å². The summed E-state index contributed by atoms with van der Waals surface area (Å²) in [5.41, 5.74) is 2.97. The number of carbonyl (C=O) groups is 2. The zero-order valence-electron chi connectivity index (χ0n) is 30.3. The highest BCUT2D eigenvalue weighted by molar-refractivity contribution is 7.99. The summed E-state index contributed by atoms with van der Waals surface area (Å²) in [5, 5.41) is 31.1. The van der Waals surface area contributed by atoms with Crippen LogP contribution in [0, 0.1) is 18.8 Å². The molecule has 1 aliphatic heterocycles. The molecule has 0 spiro atoms. The lowest BCUT2D eigenvalue weighted by Crippen LogP contribution is -2.51. The Morgan fingerprint density at radius 2 is 1.82 bits per heavy atom. The van der Waals surface area contributed by atoms with Gasteiger partial charge in [-0.25, -0.2) is 0 Å². The molecule has 13 heteroatoms. The SMILES string of the molecule is COc1cccc([C@@H]2[C@@H](C(C)C)CN(C(C)=O)C[C@H](OC)[C@@H](O)[C@@H](O)COCCCCN2C(=O)CSc2nnc(-c3cccc(C)c3)n2C)c1. The van der Waals surface area contributed by atoms with Crippen molar-refractivity contribution >= 4 is 23.6 Å². The summed E-state index contributed by atoms with van der Waals surface area (Å²) in [7, 11) is 4.97. The van der Waals surface area contributed by atoms with Gasteiger partial charge in [-0.15, -0.1) is 10.2 Å². The van der Waals surface area contributed by atoms with Crippen molar-refractivity contribution in [1.29, 1.82) is 0 Å². The summed E-state index contributed by atoms with van der Waals surface area (Å²) in [6, 6.07) is 15.4. The van der Waals surface area contributed by atoms with E-state index in [4.69, 9.17) is 14.2 Å². The number of ether oxygens (including phenoxy) is 3. The number of aryl methyl sites for hydroxylation is 1. The molecule has 1 aromatic heterocycles. The van der Waals surface area contributed by atoms with Gasteiger partial charge in [0.05, 0.1) is 25.5 Å². The molecule has 12 nitrogen and oxygen atoms in total. The number of aliphatic hydroxyl groups is 2. The summed E-state index contributed by atoms with van der Waals surface area (Å²) in [6.45, 7) is 8.74. The third kappa shape index (κ3) is 10.1. The Bertz CT molecular complexity index is 1550. The second-order valence-corrected chi connectivity index (χ2v) is 14.2. The van der Waals surface area contributed by atoms with Crippen LogP contribution in [0.15, 0.2) is 53.7 Å². The van der Waals surface area contributed by atoms with E-state index < -0.39 is 24.4 Å². The third-order valence-corrected chi connectivity index (χ3v) is 10.4. The van der Waals surface area contributed by atoms with E-state index in [0.717, 1.165) is 22.5 Å². The van der Waals surface area contributed by atoms with Crippen LogP contribution in [0.4, 0.5) is 0 Å². The fourth-order valence-corrected chi connectivity index (χ4v) is 7.22. The fraction of sp³-hybridized carbons (Fsp3) is 0.568. The first-order chi connectivity index (χ1) is 23.9. The Labute approximate surface area is 300 Å². The molecule has 274 valence electrons. The van der Waals surface area contributed by atoms with Crippen LogP contribution in [0.5, 0.6) is 5.75 Å². The molecule has 2 amide bonds. The Kier molecular flexibility index (Phi) is 14.7. The molecule has 1 saturated heterocycles. The lowest BCUT2D eigenvalue weighted by Gasteiger charge is -2.42. The van der Waals surface area contributed by atoms with Gasteiger partial charge in [0, 0.05) is 58.8 Å². The molecule has 1 aliphatic rings. The monoisotopic (exact) mass is 711 g/mol. The molecule has 0 saturated carbocycles. The first kappa shape index (κ1) is 39.3. The van der Waals surface area contributed by atoms with E-state index in [2.05, 4.69) is 30.1 Å². The molecule has 2 N–H and O–H groups in total. The van der Waals surface area contributed by atoms with Gasteiger partial charge in [-0.3, -0.25) is 9.59 Å². The van der Waals surface area contributed by atoms with Crippen molar-refractivity contribution in [2.45, 2.75) is 70.0 Å². The van der Waals surface area contributed by atoms with E-state index >= 15 is 0 Å². The average Bonchev–Trinajstić information content (AvgIpc) is 3.47. The van der Waals surface area contributed by atoms with Crippen molar-refractivity contribution in [3.8, 4) is 17.1 Å². The fourth-order valence-electron chi connectivity index (χ4n) is 6.43. The average molecular weight is 712 g/mol. The Morgan fingerprint density at radius 1 is 1.06 bits per heavy atom. The zero-order chi connectivity index (χ0) is 36.4. The quantitative estimate of drug-likeness (QED) is 0.328. The zero-order valence-corrected chi connectivity index (χ0v) is 31.1. The summed E-state index contributed by atoms with van der Waals surface area (Å²) in [4.78, 5) is 31.3. The molecule has 0 unspecified atom stereocenters. The maximum atomic E-state index is 14.5. The molecule has 4 rings (SSSR count). The first-order valence-corrected chi connectivity index (χ1v) is 18.2. The molecule has 50 heavy (non-hydrogen) atoms. The number of rotatable bonds is 8. The number of hydrogen-bond acceptors (Lipinski definition) is 10.